The maximum absolute atomic E-state index is 2.61. The normalized spacial score (nSPS) is 13.4. The molecule has 0 radical (unpaired) electrons. The van der Waals surface area contributed by atoms with E-state index in [9.17, 15) is 0 Å². The van der Waals surface area contributed by atoms with E-state index in [4.69, 9.17) is 0 Å². The fraction of sp³-hybridized carbons (Fsp3) is 0.195. The zero-order valence-corrected chi connectivity index (χ0v) is 52.4. The first kappa shape index (κ1) is 54.3. The Balaban J connectivity index is 1.05. The molecule has 4 heterocycles. The van der Waals surface area contributed by atoms with Crippen molar-refractivity contribution in [2.24, 2.45) is 0 Å². The van der Waals surface area contributed by atoms with Crippen LogP contribution in [-0.4, -0.2) is 15.8 Å². The largest absolute Gasteiger partial charge is 0.311 e. The third-order valence-corrected chi connectivity index (χ3v) is 18.9. The number of hydrogen-bond acceptors (Lipinski definition) is 2. The van der Waals surface area contributed by atoms with E-state index in [0.717, 1.165) is 11.4 Å². The summed E-state index contributed by atoms with van der Waals surface area (Å²) >= 11 is 0. The highest BCUT2D eigenvalue weighted by atomic mass is 15.2. The highest BCUT2D eigenvalue weighted by Gasteiger charge is 2.45. The molecule has 0 N–H and O–H groups in total. The van der Waals surface area contributed by atoms with Crippen LogP contribution < -0.4 is 26.2 Å². The van der Waals surface area contributed by atoms with Crippen molar-refractivity contribution in [3.63, 3.8) is 0 Å². The van der Waals surface area contributed by atoms with Crippen LogP contribution in [0.3, 0.4) is 0 Å². The lowest BCUT2D eigenvalue weighted by Crippen LogP contribution is -2.61. The van der Waals surface area contributed by atoms with Crippen LogP contribution in [0.15, 0.2) is 237 Å². The second-order valence-electron chi connectivity index (χ2n) is 28.6. The Morgan fingerprint density at radius 2 is 0.644 bits per heavy atom. The van der Waals surface area contributed by atoms with Gasteiger partial charge in [0.15, 0.2) is 0 Å². The van der Waals surface area contributed by atoms with Gasteiger partial charge in [0.1, 0.15) is 0 Å². The molecule has 15 rings (SSSR count). The average Bonchev–Trinajstić information content (AvgIpc) is 1.02. The molecule has 11 aromatic carbocycles. The number of benzene rings is 11. The zero-order chi connectivity index (χ0) is 60.1. The van der Waals surface area contributed by atoms with E-state index in [1.165, 1.54) is 139 Å². The number of hydrogen-bond donors (Lipinski definition) is 0. The molecule has 0 fully saturated rings. The van der Waals surface area contributed by atoms with E-state index >= 15 is 0 Å². The second-order valence-corrected chi connectivity index (χ2v) is 28.6. The summed E-state index contributed by atoms with van der Waals surface area (Å²) in [5.74, 6) is 0. The Kier molecular flexibility index (Phi) is 12.2. The first-order valence-electron chi connectivity index (χ1n) is 31.2. The molecule has 0 bridgehead atoms. The molecule has 0 saturated heterocycles. The van der Waals surface area contributed by atoms with E-state index < -0.39 is 0 Å². The van der Waals surface area contributed by atoms with Crippen molar-refractivity contribution in [2.45, 2.75) is 105 Å². The maximum Gasteiger partial charge on any atom is 0.252 e. The molecule has 426 valence electrons. The van der Waals surface area contributed by atoms with Gasteiger partial charge in [0.05, 0.1) is 22.1 Å². The van der Waals surface area contributed by atoms with Gasteiger partial charge in [-0.2, -0.15) is 0 Å². The summed E-state index contributed by atoms with van der Waals surface area (Å²) in [4.78, 5) is 5.21. The molecule has 2 aliphatic heterocycles. The Hall–Kier alpha value is -9.32. The molecule has 5 heteroatoms. The average molecular weight is 1130 g/mol. The third kappa shape index (κ3) is 8.63. The van der Waals surface area contributed by atoms with E-state index in [2.05, 4.69) is 339 Å². The highest BCUT2D eigenvalue weighted by Crippen LogP contribution is 2.50. The van der Waals surface area contributed by atoms with Crippen LogP contribution >= 0.6 is 0 Å². The smallest absolute Gasteiger partial charge is 0.252 e. The molecule has 0 aliphatic carbocycles. The van der Waals surface area contributed by atoms with Crippen molar-refractivity contribution in [3.8, 4) is 33.6 Å². The number of fused-ring (bicyclic) bond motifs is 10. The molecule has 4 nitrogen and oxygen atoms in total. The number of nitrogens with zero attached hydrogens (tertiary/aromatic N) is 4. The first-order chi connectivity index (χ1) is 41.7. The monoisotopic (exact) mass is 1130 g/mol. The van der Waals surface area contributed by atoms with Gasteiger partial charge in [-0.25, -0.2) is 0 Å². The van der Waals surface area contributed by atoms with Gasteiger partial charge < -0.3 is 18.9 Å². The van der Waals surface area contributed by atoms with Crippen LogP contribution in [0.2, 0.25) is 0 Å². The van der Waals surface area contributed by atoms with E-state index in [0.29, 0.717) is 0 Å². The molecular weight excluding hydrogens is 1050 g/mol. The summed E-state index contributed by atoms with van der Waals surface area (Å²) in [6.07, 6.45) is 0. The molecular formula is C82H75BN4. The molecule has 0 atom stereocenters. The summed E-state index contributed by atoms with van der Waals surface area (Å²) < 4.78 is 5.12. The fourth-order valence-electron chi connectivity index (χ4n) is 14.7. The van der Waals surface area contributed by atoms with Gasteiger partial charge in [-0.15, -0.1) is 0 Å². The topological polar surface area (TPSA) is 16.3 Å². The second kappa shape index (κ2) is 19.6. The number of anilines is 6. The first-order valence-corrected chi connectivity index (χ1v) is 31.2. The van der Waals surface area contributed by atoms with Crippen molar-refractivity contribution in [1.29, 1.82) is 0 Å². The third-order valence-electron chi connectivity index (χ3n) is 18.9. The summed E-state index contributed by atoms with van der Waals surface area (Å²) in [5.41, 5.74) is 27.9. The van der Waals surface area contributed by atoms with Gasteiger partial charge in [-0.1, -0.05) is 247 Å². The van der Waals surface area contributed by atoms with Gasteiger partial charge in [0.2, 0.25) is 0 Å². The van der Waals surface area contributed by atoms with Crippen LogP contribution in [0.5, 0.6) is 0 Å². The van der Waals surface area contributed by atoms with Gasteiger partial charge in [0, 0.05) is 78.2 Å². The van der Waals surface area contributed by atoms with Crippen molar-refractivity contribution < 1.29 is 0 Å². The summed E-state index contributed by atoms with van der Waals surface area (Å²) in [7, 11) is 0. The van der Waals surface area contributed by atoms with E-state index in [1.807, 2.05) is 0 Å². The van der Waals surface area contributed by atoms with Crippen molar-refractivity contribution in [3.05, 3.63) is 259 Å². The minimum Gasteiger partial charge on any atom is -0.311 e. The van der Waals surface area contributed by atoms with Crippen molar-refractivity contribution >= 4 is 101 Å². The van der Waals surface area contributed by atoms with Crippen LogP contribution in [-0.2, 0) is 21.7 Å². The lowest BCUT2D eigenvalue weighted by atomic mass is 9.33. The quantitative estimate of drug-likeness (QED) is 0.154. The Labute approximate surface area is 514 Å². The minimum absolute atomic E-state index is 0.0408. The Morgan fingerprint density at radius 3 is 1.05 bits per heavy atom. The van der Waals surface area contributed by atoms with Gasteiger partial charge in [-0.3, -0.25) is 0 Å². The van der Waals surface area contributed by atoms with Crippen LogP contribution in [0.1, 0.15) is 105 Å². The van der Waals surface area contributed by atoms with E-state index in [-0.39, 0.29) is 28.4 Å². The lowest BCUT2D eigenvalue weighted by molar-refractivity contribution is 0.590. The summed E-state index contributed by atoms with van der Waals surface area (Å²) in [5, 5.41) is 4.96. The molecule has 0 amide bonds. The highest BCUT2D eigenvalue weighted by molar-refractivity contribution is 7.00. The van der Waals surface area contributed by atoms with Crippen LogP contribution in [0.25, 0.3) is 77.2 Å². The number of rotatable bonds is 6. The van der Waals surface area contributed by atoms with Gasteiger partial charge in [0.25, 0.3) is 6.71 Å². The Morgan fingerprint density at radius 1 is 0.287 bits per heavy atom. The number of aromatic nitrogens is 2. The predicted molar refractivity (Wildman–Crippen MR) is 375 cm³/mol. The molecule has 87 heavy (non-hydrogen) atoms. The maximum atomic E-state index is 2.61. The van der Waals surface area contributed by atoms with Gasteiger partial charge in [-0.05, 0) is 144 Å². The van der Waals surface area contributed by atoms with E-state index in [1.54, 1.807) is 0 Å². The van der Waals surface area contributed by atoms with Crippen molar-refractivity contribution in [1.82, 2.24) is 9.13 Å². The summed E-state index contributed by atoms with van der Waals surface area (Å²) in [6, 6.07) is 90.5. The fourth-order valence-corrected chi connectivity index (χ4v) is 14.7. The summed E-state index contributed by atoms with van der Waals surface area (Å²) in [6.45, 7) is 27.7. The van der Waals surface area contributed by atoms with Crippen molar-refractivity contribution in [2.75, 3.05) is 9.80 Å². The molecule has 13 aromatic rings. The molecule has 0 unspecified atom stereocenters. The number of para-hydroxylation sites is 6. The predicted octanol–water partition coefficient (Wildman–Crippen LogP) is 20.5. The standard InChI is InChI=1S/C82H75BN4/c1-79(2,3)54-42-38-52(39-43-54)58-26-21-28-62-60-24-13-17-32-68(60)84(77(58)62)56-46-48-72-66(50-56)83-67-51-57(85-69-33-18-14-25-61(69)63-29-22-27-59(78(63)85)53-40-44-55(45-41-53)80(4,5)6)47-49-73(67)87(71-35-20-16-31-65(71)82(10,11)12)75-37-23-36-74(76(75)83)86(72)70-34-19-15-30-64(70)81(7,8)9/h13-51H,1-12H3. The Bertz CT molecular complexity index is 4600. The van der Waals surface area contributed by atoms with Crippen LogP contribution in [0.4, 0.5) is 34.1 Å². The zero-order valence-electron chi connectivity index (χ0n) is 52.4. The SMILES string of the molecule is CC(C)(C)c1ccc(-c2cccc3c4ccccc4n(-c4ccc5c(c4)B4c6cc(-n7c8ccccc8c8cccc(-c9ccc(C(C)(C)C)cc9)c87)ccc6N(c6ccccc6C(C)(C)C)c6cccc(c64)N5c4ccccc4C(C)(C)C)c23)cc1. The molecule has 0 spiro atoms. The van der Waals surface area contributed by atoms with Crippen LogP contribution in [0, 0.1) is 0 Å². The molecule has 2 aromatic heterocycles. The molecule has 2 aliphatic rings. The minimum atomic E-state index is -0.174. The lowest BCUT2D eigenvalue weighted by Gasteiger charge is -2.45. The molecule has 0 saturated carbocycles. The van der Waals surface area contributed by atoms with Gasteiger partial charge >= 0.3 is 0 Å².